The number of carbonyl (C=O) groups excluding carboxylic acids is 2. The number of hydrogen-bond acceptors (Lipinski definition) is 5. The highest BCUT2D eigenvalue weighted by atomic mass is 16.5. The molecule has 1 aliphatic heterocycles. The third kappa shape index (κ3) is 4.56. The fraction of sp³-hybridized carbons (Fsp3) is 0.389. The highest BCUT2D eigenvalue weighted by Gasteiger charge is 2.26. The Hall–Kier alpha value is -3.07. The second kappa shape index (κ2) is 8.54. The van der Waals surface area contributed by atoms with E-state index in [9.17, 15) is 14.7 Å². The minimum Gasteiger partial charge on any atom is -0.507 e. The molecule has 1 saturated heterocycles. The maximum atomic E-state index is 12.5. The van der Waals surface area contributed by atoms with Gasteiger partial charge in [0.05, 0.1) is 30.6 Å². The Labute approximate surface area is 157 Å². The van der Waals surface area contributed by atoms with Gasteiger partial charge in [-0.2, -0.15) is 5.10 Å². The van der Waals surface area contributed by atoms with E-state index < -0.39 is 0 Å². The topological polar surface area (TPSA) is 99.9 Å². The minimum atomic E-state index is -0.229. The average Bonchev–Trinajstić information content (AvgIpc) is 3.13. The van der Waals surface area contributed by atoms with Crippen molar-refractivity contribution in [3.8, 4) is 5.75 Å². The van der Waals surface area contributed by atoms with Gasteiger partial charge in [-0.3, -0.25) is 9.48 Å². The number of rotatable bonds is 5. The van der Waals surface area contributed by atoms with Gasteiger partial charge in [0, 0.05) is 39.5 Å². The van der Waals surface area contributed by atoms with E-state index in [1.165, 1.54) is 6.07 Å². The molecule has 0 bridgehead atoms. The predicted molar refractivity (Wildman–Crippen MR) is 98.7 cm³/mol. The summed E-state index contributed by atoms with van der Waals surface area (Å²) >= 11 is 0. The van der Waals surface area contributed by atoms with Crippen molar-refractivity contribution in [2.75, 3.05) is 45.2 Å². The highest BCUT2D eigenvalue weighted by molar-refractivity contribution is 5.97. The van der Waals surface area contributed by atoms with Crippen molar-refractivity contribution < 1.29 is 19.4 Å². The Bertz CT molecular complexity index is 799. The van der Waals surface area contributed by atoms with E-state index in [0.717, 1.165) is 0 Å². The third-order valence-electron chi connectivity index (χ3n) is 4.40. The van der Waals surface area contributed by atoms with Crippen LogP contribution in [0.5, 0.6) is 5.75 Å². The van der Waals surface area contributed by atoms with E-state index in [0.29, 0.717) is 45.0 Å². The highest BCUT2D eigenvalue weighted by Crippen LogP contribution is 2.19. The van der Waals surface area contributed by atoms with Gasteiger partial charge in [-0.05, 0) is 12.1 Å². The van der Waals surface area contributed by atoms with Crippen molar-refractivity contribution in [2.45, 2.75) is 6.54 Å². The van der Waals surface area contributed by atoms with E-state index >= 15 is 0 Å². The smallest absolute Gasteiger partial charge is 0.322 e. The number of anilines is 1. The van der Waals surface area contributed by atoms with Gasteiger partial charge in [0.15, 0.2) is 0 Å². The zero-order chi connectivity index (χ0) is 19.2. The lowest BCUT2D eigenvalue weighted by molar-refractivity contribution is 0.0668. The van der Waals surface area contributed by atoms with Crippen LogP contribution in [-0.4, -0.2) is 76.5 Å². The van der Waals surface area contributed by atoms with E-state index in [4.69, 9.17) is 4.74 Å². The molecule has 0 atom stereocenters. The SMILES string of the molecule is COCCn1cc(NC(=O)N2CCN(C(=O)c3ccccc3O)CC2)cn1. The molecule has 9 nitrogen and oxygen atoms in total. The Morgan fingerprint density at radius 1 is 1.19 bits per heavy atom. The number of phenols is 1. The number of aromatic nitrogens is 2. The Morgan fingerprint density at radius 2 is 1.89 bits per heavy atom. The van der Waals surface area contributed by atoms with Crippen LogP contribution in [0.3, 0.4) is 0 Å². The molecule has 0 radical (unpaired) electrons. The lowest BCUT2D eigenvalue weighted by Crippen LogP contribution is -2.51. The van der Waals surface area contributed by atoms with Crippen LogP contribution in [0.4, 0.5) is 10.5 Å². The first-order chi connectivity index (χ1) is 13.1. The van der Waals surface area contributed by atoms with E-state index in [1.807, 2.05) is 0 Å². The average molecular weight is 373 g/mol. The van der Waals surface area contributed by atoms with Gasteiger partial charge in [0.1, 0.15) is 5.75 Å². The zero-order valence-corrected chi connectivity index (χ0v) is 15.2. The van der Waals surface area contributed by atoms with Crippen molar-refractivity contribution in [1.29, 1.82) is 0 Å². The minimum absolute atomic E-state index is 0.0341. The maximum Gasteiger partial charge on any atom is 0.322 e. The fourth-order valence-corrected chi connectivity index (χ4v) is 2.88. The number of hydrogen-bond donors (Lipinski definition) is 2. The van der Waals surface area contributed by atoms with Crippen molar-refractivity contribution in [3.05, 3.63) is 42.2 Å². The lowest BCUT2D eigenvalue weighted by atomic mass is 10.1. The van der Waals surface area contributed by atoms with Crippen molar-refractivity contribution in [3.63, 3.8) is 0 Å². The summed E-state index contributed by atoms with van der Waals surface area (Å²) in [5, 5.41) is 16.8. The van der Waals surface area contributed by atoms with Crippen LogP contribution in [-0.2, 0) is 11.3 Å². The van der Waals surface area contributed by atoms with Crippen LogP contribution in [0, 0.1) is 0 Å². The molecule has 1 fully saturated rings. The van der Waals surface area contributed by atoms with Gasteiger partial charge in [-0.1, -0.05) is 12.1 Å². The number of benzene rings is 1. The number of nitrogens with zero attached hydrogens (tertiary/aromatic N) is 4. The number of urea groups is 1. The molecular weight excluding hydrogens is 350 g/mol. The monoisotopic (exact) mass is 373 g/mol. The number of aromatic hydroxyl groups is 1. The molecule has 1 aromatic carbocycles. The molecule has 0 aliphatic carbocycles. The molecule has 0 saturated carbocycles. The number of carbonyl (C=O) groups is 2. The summed E-state index contributed by atoms with van der Waals surface area (Å²) in [7, 11) is 1.62. The Balaban J connectivity index is 1.51. The molecular formula is C18H23N5O4. The quantitative estimate of drug-likeness (QED) is 0.821. The molecule has 27 heavy (non-hydrogen) atoms. The van der Waals surface area contributed by atoms with Crippen LogP contribution in [0.2, 0.25) is 0 Å². The Kier molecular flexibility index (Phi) is 5.92. The van der Waals surface area contributed by atoms with Gasteiger partial charge in [-0.25, -0.2) is 4.79 Å². The summed E-state index contributed by atoms with van der Waals surface area (Å²) in [5.41, 5.74) is 0.891. The molecule has 2 heterocycles. The van der Waals surface area contributed by atoms with Gasteiger partial charge < -0.3 is 25.0 Å². The summed E-state index contributed by atoms with van der Waals surface area (Å²) in [6.07, 6.45) is 3.33. The molecule has 1 aromatic heterocycles. The van der Waals surface area contributed by atoms with Gasteiger partial charge in [0.25, 0.3) is 5.91 Å². The van der Waals surface area contributed by atoms with Crippen LogP contribution < -0.4 is 5.32 Å². The van der Waals surface area contributed by atoms with Crippen molar-refractivity contribution in [2.24, 2.45) is 0 Å². The van der Waals surface area contributed by atoms with E-state index in [2.05, 4.69) is 10.4 Å². The third-order valence-corrected chi connectivity index (χ3v) is 4.40. The summed E-state index contributed by atoms with van der Waals surface area (Å²) in [6, 6.07) is 6.24. The van der Waals surface area contributed by atoms with Crippen LogP contribution in [0.15, 0.2) is 36.7 Å². The first kappa shape index (κ1) is 18.7. The second-order valence-corrected chi connectivity index (χ2v) is 6.21. The number of nitrogens with one attached hydrogen (secondary N) is 1. The Morgan fingerprint density at radius 3 is 2.59 bits per heavy atom. The van der Waals surface area contributed by atoms with Crippen LogP contribution in [0.25, 0.3) is 0 Å². The van der Waals surface area contributed by atoms with Crippen LogP contribution in [0.1, 0.15) is 10.4 Å². The summed E-state index contributed by atoms with van der Waals surface area (Å²) in [6.45, 7) is 2.81. The number of piperazine rings is 1. The number of phenolic OH excluding ortho intramolecular Hbond substituents is 1. The molecule has 0 spiro atoms. The van der Waals surface area contributed by atoms with Gasteiger partial charge in [-0.15, -0.1) is 0 Å². The summed E-state index contributed by atoms with van der Waals surface area (Å²) < 4.78 is 6.69. The lowest BCUT2D eigenvalue weighted by Gasteiger charge is -2.34. The molecule has 3 rings (SSSR count). The molecule has 2 aromatic rings. The van der Waals surface area contributed by atoms with E-state index in [-0.39, 0.29) is 23.3 Å². The maximum absolute atomic E-state index is 12.5. The summed E-state index contributed by atoms with van der Waals surface area (Å²) in [5.74, 6) is -0.263. The first-order valence-corrected chi connectivity index (χ1v) is 8.73. The molecule has 2 N–H and O–H groups in total. The number of methoxy groups -OCH3 is 1. The normalized spacial score (nSPS) is 14.3. The predicted octanol–water partition coefficient (Wildman–Crippen LogP) is 1.22. The molecule has 9 heteroatoms. The largest absolute Gasteiger partial charge is 0.507 e. The standard InChI is InChI=1S/C18H23N5O4/c1-27-11-10-23-13-14(12-19-23)20-18(26)22-8-6-21(7-9-22)17(25)15-4-2-3-5-16(15)24/h2-5,12-13,24H,6-11H2,1H3,(H,20,26). The van der Waals surface area contributed by atoms with Gasteiger partial charge >= 0.3 is 6.03 Å². The zero-order valence-electron chi connectivity index (χ0n) is 15.2. The molecule has 0 unspecified atom stereocenters. The van der Waals surface area contributed by atoms with Crippen LogP contribution >= 0.6 is 0 Å². The fourth-order valence-electron chi connectivity index (χ4n) is 2.88. The van der Waals surface area contributed by atoms with E-state index in [1.54, 1.807) is 52.2 Å². The van der Waals surface area contributed by atoms with Crippen molar-refractivity contribution >= 4 is 17.6 Å². The van der Waals surface area contributed by atoms with Gasteiger partial charge in [0.2, 0.25) is 0 Å². The first-order valence-electron chi connectivity index (χ1n) is 8.73. The summed E-state index contributed by atoms with van der Waals surface area (Å²) in [4.78, 5) is 28.2. The number of ether oxygens (including phenoxy) is 1. The molecule has 1 aliphatic rings. The number of para-hydroxylation sites is 1. The molecule has 144 valence electrons. The number of amides is 3. The van der Waals surface area contributed by atoms with Crippen molar-refractivity contribution in [1.82, 2.24) is 19.6 Å². The molecule has 3 amide bonds. The second-order valence-electron chi connectivity index (χ2n) is 6.21.